The van der Waals surface area contributed by atoms with Gasteiger partial charge in [-0.2, -0.15) is 5.26 Å². The van der Waals surface area contributed by atoms with Gasteiger partial charge in [0, 0.05) is 16.3 Å². The number of nitriles is 1. The first-order valence-electron chi connectivity index (χ1n) is 14.7. The fraction of sp³-hybridized carbons (Fsp3) is 0.353. The van der Waals surface area contributed by atoms with E-state index < -0.39 is 12.0 Å². The van der Waals surface area contributed by atoms with Crippen molar-refractivity contribution in [3.8, 4) is 16.8 Å². The summed E-state index contributed by atoms with van der Waals surface area (Å²) in [5.41, 5.74) is 6.22. The maximum Gasteiger partial charge on any atom is 0.338 e. The number of thiazole rings is 1. The second-order valence-corrected chi connectivity index (χ2v) is 13.6. The maximum absolute atomic E-state index is 14.2. The molecular weight excluding hydrogens is 593 g/mol. The largest absolute Gasteiger partial charge is 0.497 e. The molecule has 1 aromatic carbocycles. The predicted octanol–water partition coefficient (Wildman–Crippen LogP) is 5.41. The van der Waals surface area contributed by atoms with E-state index in [4.69, 9.17) is 14.5 Å². The van der Waals surface area contributed by atoms with E-state index in [-0.39, 0.29) is 11.7 Å². The molecule has 0 radical (unpaired) electrons. The van der Waals surface area contributed by atoms with Crippen LogP contribution in [-0.2, 0) is 22.4 Å². The molecule has 8 nitrogen and oxygen atoms in total. The maximum atomic E-state index is 14.2. The molecule has 0 saturated heterocycles. The average molecular weight is 627 g/mol. The molecule has 0 unspecified atom stereocenters. The summed E-state index contributed by atoms with van der Waals surface area (Å²) in [5.74, 6) is 0.182. The van der Waals surface area contributed by atoms with E-state index in [0.717, 1.165) is 58.8 Å². The highest BCUT2D eigenvalue weighted by atomic mass is 32.1. The van der Waals surface area contributed by atoms with Crippen molar-refractivity contribution in [3.63, 3.8) is 0 Å². The first-order chi connectivity index (χ1) is 21.1. The number of esters is 1. The van der Waals surface area contributed by atoms with Crippen molar-refractivity contribution < 1.29 is 14.3 Å². The van der Waals surface area contributed by atoms with Gasteiger partial charge in [-0.1, -0.05) is 23.5 Å². The Balaban J connectivity index is 1.50. The number of aryl methyl sites for hydroxylation is 2. The van der Waals surface area contributed by atoms with Gasteiger partial charge in [-0.25, -0.2) is 9.79 Å². The summed E-state index contributed by atoms with van der Waals surface area (Å²) in [6.07, 6.45) is 5.81. The SMILES string of the molecule is COc1ccc([C@H]2C(C(=O)OC(C)C)=C(C)N=c3s/c(=C/c4cc(C)n(-c5sc6c(c5C#N)CCCC6)c4C)c(=O)n32)cc1. The second kappa shape index (κ2) is 11.7. The Morgan fingerprint density at radius 2 is 1.86 bits per heavy atom. The molecule has 6 rings (SSSR count). The molecule has 1 aliphatic carbocycles. The first kappa shape index (κ1) is 29.9. The van der Waals surface area contributed by atoms with E-state index >= 15 is 0 Å². The lowest BCUT2D eigenvalue weighted by Gasteiger charge is -2.25. The van der Waals surface area contributed by atoms with Gasteiger partial charge in [0.1, 0.15) is 16.8 Å². The quantitative estimate of drug-likeness (QED) is 0.267. The van der Waals surface area contributed by atoms with Gasteiger partial charge in [0.15, 0.2) is 4.80 Å². The fourth-order valence-corrected chi connectivity index (χ4v) is 8.66. The molecule has 4 aromatic rings. The first-order valence-corrected chi connectivity index (χ1v) is 16.4. The molecule has 1 aliphatic heterocycles. The van der Waals surface area contributed by atoms with Crippen LogP contribution in [0.25, 0.3) is 11.1 Å². The van der Waals surface area contributed by atoms with Gasteiger partial charge >= 0.3 is 5.97 Å². The predicted molar refractivity (Wildman–Crippen MR) is 172 cm³/mol. The lowest BCUT2D eigenvalue weighted by atomic mass is 9.96. The minimum atomic E-state index is -0.700. The van der Waals surface area contributed by atoms with Gasteiger partial charge in [-0.3, -0.25) is 9.36 Å². The number of rotatable bonds is 6. The third-order valence-electron chi connectivity index (χ3n) is 8.24. The zero-order chi connectivity index (χ0) is 31.3. The van der Waals surface area contributed by atoms with Crippen molar-refractivity contribution in [2.45, 2.75) is 72.4 Å². The molecule has 44 heavy (non-hydrogen) atoms. The van der Waals surface area contributed by atoms with Gasteiger partial charge in [0.05, 0.1) is 40.6 Å². The Morgan fingerprint density at radius 3 is 2.55 bits per heavy atom. The summed E-state index contributed by atoms with van der Waals surface area (Å²) in [5, 5.41) is 11.1. The number of benzene rings is 1. The molecule has 226 valence electrons. The molecule has 4 heterocycles. The van der Waals surface area contributed by atoms with Gasteiger partial charge in [0.2, 0.25) is 0 Å². The Morgan fingerprint density at radius 1 is 1.14 bits per heavy atom. The highest BCUT2D eigenvalue weighted by molar-refractivity contribution is 7.15. The number of hydrogen-bond acceptors (Lipinski definition) is 8. The monoisotopic (exact) mass is 626 g/mol. The lowest BCUT2D eigenvalue weighted by Crippen LogP contribution is -2.40. The Hall–Kier alpha value is -4.20. The number of methoxy groups -OCH3 is 1. The van der Waals surface area contributed by atoms with Crippen molar-refractivity contribution in [1.82, 2.24) is 9.13 Å². The Labute approximate surface area is 263 Å². The highest BCUT2D eigenvalue weighted by Gasteiger charge is 2.34. The molecule has 10 heteroatoms. The Kier molecular flexibility index (Phi) is 7.95. The van der Waals surface area contributed by atoms with Crippen LogP contribution >= 0.6 is 22.7 Å². The number of allylic oxidation sites excluding steroid dienone is 1. The molecule has 0 fully saturated rings. The van der Waals surface area contributed by atoms with Gasteiger partial charge < -0.3 is 14.0 Å². The Bertz CT molecular complexity index is 2050. The summed E-state index contributed by atoms with van der Waals surface area (Å²) in [6, 6.07) is 11.2. The van der Waals surface area contributed by atoms with E-state index in [2.05, 4.69) is 16.7 Å². The molecular formula is C34H34N4O4S2. The van der Waals surface area contributed by atoms with Crippen LogP contribution in [0.4, 0.5) is 0 Å². The van der Waals surface area contributed by atoms with E-state index in [9.17, 15) is 14.9 Å². The molecule has 1 atom stereocenters. The molecule has 2 aliphatic rings. The highest BCUT2D eigenvalue weighted by Crippen LogP contribution is 2.38. The number of hydrogen-bond donors (Lipinski definition) is 0. The summed E-state index contributed by atoms with van der Waals surface area (Å²) in [6.45, 7) is 9.44. The van der Waals surface area contributed by atoms with E-state index in [1.165, 1.54) is 21.8 Å². The number of carbonyl (C=O) groups is 1. The van der Waals surface area contributed by atoms with Gasteiger partial charge in [0.25, 0.3) is 5.56 Å². The van der Waals surface area contributed by atoms with Crippen LogP contribution in [0.1, 0.15) is 78.2 Å². The smallest absolute Gasteiger partial charge is 0.338 e. The van der Waals surface area contributed by atoms with Crippen LogP contribution in [0.2, 0.25) is 0 Å². The minimum absolute atomic E-state index is 0.231. The van der Waals surface area contributed by atoms with Crippen molar-refractivity contribution in [2.24, 2.45) is 4.99 Å². The van der Waals surface area contributed by atoms with Gasteiger partial charge in [-0.15, -0.1) is 11.3 Å². The standard InChI is InChI=1S/C34H34N4O4S2/c1-18(2)42-33(40)29-20(4)36-34-38(30(29)22-11-13-24(41-6)14-12-22)31(39)28(44-34)16-23-15-19(3)37(21(23)5)32-26(17-35)25-9-7-8-10-27(25)43-32/h11-16,18,30H,7-10H2,1-6H3/b28-16+/t30-/m0/s1. The molecule has 3 aromatic heterocycles. The third kappa shape index (κ3) is 5.04. The number of fused-ring (bicyclic) bond motifs is 2. The zero-order valence-electron chi connectivity index (χ0n) is 25.7. The van der Waals surface area contributed by atoms with Crippen molar-refractivity contribution >= 4 is 34.7 Å². The average Bonchev–Trinajstić information content (AvgIpc) is 3.61. The molecule has 0 saturated carbocycles. The number of ether oxygens (including phenoxy) is 2. The summed E-state index contributed by atoms with van der Waals surface area (Å²) in [7, 11) is 1.60. The van der Waals surface area contributed by atoms with Crippen LogP contribution < -0.4 is 19.6 Å². The lowest BCUT2D eigenvalue weighted by molar-refractivity contribution is -0.143. The number of nitrogens with zero attached hydrogens (tertiary/aromatic N) is 4. The molecule has 0 bridgehead atoms. The third-order valence-corrected chi connectivity index (χ3v) is 10.5. The van der Waals surface area contributed by atoms with Crippen molar-refractivity contribution in [3.05, 3.63) is 99.8 Å². The molecule has 0 N–H and O–H groups in total. The minimum Gasteiger partial charge on any atom is -0.497 e. The summed E-state index contributed by atoms with van der Waals surface area (Å²) < 4.78 is 15.2. The van der Waals surface area contributed by atoms with Crippen LogP contribution in [0.5, 0.6) is 5.75 Å². The van der Waals surface area contributed by atoms with E-state index in [1.807, 2.05) is 44.2 Å². The van der Waals surface area contributed by atoms with Crippen LogP contribution in [0.3, 0.4) is 0 Å². The fourth-order valence-electron chi connectivity index (χ4n) is 6.17. The van der Waals surface area contributed by atoms with Crippen LogP contribution in [-0.4, -0.2) is 28.3 Å². The van der Waals surface area contributed by atoms with E-state index in [1.54, 1.807) is 43.8 Å². The molecule has 0 spiro atoms. The number of aromatic nitrogens is 2. The van der Waals surface area contributed by atoms with Gasteiger partial charge in [-0.05, 0) is 101 Å². The van der Waals surface area contributed by atoms with E-state index in [0.29, 0.717) is 26.4 Å². The summed E-state index contributed by atoms with van der Waals surface area (Å²) in [4.78, 5) is 34.1. The zero-order valence-corrected chi connectivity index (χ0v) is 27.3. The summed E-state index contributed by atoms with van der Waals surface area (Å²) >= 11 is 3.01. The van der Waals surface area contributed by atoms with Crippen molar-refractivity contribution in [2.75, 3.05) is 7.11 Å². The topological polar surface area (TPSA) is 98.6 Å². The normalized spacial score (nSPS) is 16.4. The van der Waals surface area contributed by atoms with Crippen LogP contribution in [0, 0.1) is 25.2 Å². The van der Waals surface area contributed by atoms with Crippen molar-refractivity contribution in [1.29, 1.82) is 5.26 Å². The molecule has 0 amide bonds. The second-order valence-electron chi connectivity index (χ2n) is 11.5. The number of thiophene rings is 1. The number of carbonyl (C=O) groups excluding carboxylic acids is 1. The van der Waals surface area contributed by atoms with Crippen LogP contribution in [0.15, 0.2) is 51.4 Å².